The van der Waals surface area contributed by atoms with Gasteiger partial charge in [-0.1, -0.05) is 33.1 Å². The van der Waals surface area contributed by atoms with Gasteiger partial charge in [-0.15, -0.1) is 0 Å². The molecule has 0 aromatic rings. The maximum Gasteiger partial charge on any atom is 0.320 e. The van der Waals surface area contributed by atoms with Crippen molar-refractivity contribution in [3.05, 3.63) is 0 Å². The molecule has 1 rings (SSSR count). The molecular weight excluding hydrogens is 244 g/mol. The third-order valence-electron chi connectivity index (χ3n) is 3.48. The van der Waals surface area contributed by atoms with Gasteiger partial charge in [-0.2, -0.15) is 0 Å². The highest BCUT2D eigenvalue weighted by atomic mass is 16.4. The van der Waals surface area contributed by atoms with Crippen molar-refractivity contribution >= 4 is 11.9 Å². The topological polar surface area (TPSA) is 78.4 Å². The van der Waals surface area contributed by atoms with E-state index in [1.807, 2.05) is 13.8 Å². The van der Waals surface area contributed by atoms with Crippen LogP contribution in [0, 0.1) is 5.92 Å². The number of aliphatic carboxylic acids is 1. The predicted octanol–water partition coefficient (Wildman–Crippen LogP) is 1.52. The number of hydrogen-bond donors (Lipinski definition) is 3. The number of carbonyl (C=O) groups excluding carboxylic acids is 1. The fourth-order valence-electron chi connectivity index (χ4n) is 2.48. The predicted molar refractivity (Wildman–Crippen MR) is 73.9 cm³/mol. The molecular formula is C14H26N2O3. The van der Waals surface area contributed by atoms with Crippen LogP contribution in [0.4, 0.5) is 0 Å². The van der Waals surface area contributed by atoms with E-state index in [-0.39, 0.29) is 24.4 Å². The molecule has 110 valence electrons. The summed E-state index contributed by atoms with van der Waals surface area (Å²) in [7, 11) is 0. The second kappa shape index (κ2) is 8.15. The van der Waals surface area contributed by atoms with Crippen molar-refractivity contribution in [2.75, 3.05) is 6.54 Å². The van der Waals surface area contributed by atoms with E-state index in [0.717, 1.165) is 12.8 Å². The molecule has 0 saturated heterocycles. The Morgan fingerprint density at radius 3 is 2.37 bits per heavy atom. The molecule has 1 unspecified atom stereocenters. The van der Waals surface area contributed by atoms with Crippen molar-refractivity contribution in [2.24, 2.45) is 5.92 Å². The van der Waals surface area contributed by atoms with Gasteiger partial charge in [0.05, 0.1) is 6.54 Å². The lowest BCUT2D eigenvalue weighted by Gasteiger charge is -2.23. The lowest BCUT2D eigenvalue weighted by atomic mass is 9.95. The van der Waals surface area contributed by atoms with Gasteiger partial charge in [0.2, 0.25) is 5.91 Å². The van der Waals surface area contributed by atoms with Gasteiger partial charge in [-0.05, 0) is 25.2 Å². The minimum Gasteiger partial charge on any atom is -0.480 e. The van der Waals surface area contributed by atoms with Gasteiger partial charge < -0.3 is 10.4 Å². The van der Waals surface area contributed by atoms with Crippen molar-refractivity contribution in [2.45, 2.75) is 64.5 Å². The summed E-state index contributed by atoms with van der Waals surface area (Å²) in [6, 6.07) is -0.367. The number of carboxylic acid groups (broad SMARTS) is 1. The Kier molecular flexibility index (Phi) is 6.84. The first-order valence-corrected chi connectivity index (χ1v) is 7.24. The van der Waals surface area contributed by atoms with Crippen molar-refractivity contribution in [3.63, 3.8) is 0 Å². The van der Waals surface area contributed by atoms with Gasteiger partial charge in [-0.3, -0.25) is 14.9 Å². The molecule has 0 aliphatic heterocycles. The average Bonchev–Trinajstić information content (AvgIpc) is 2.35. The molecule has 1 amide bonds. The lowest BCUT2D eigenvalue weighted by Crippen LogP contribution is -2.46. The minimum absolute atomic E-state index is 0.0835. The molecule has 1 aliphatic carbocycles. The van der Waals surface area contributed by atoms with E-state index < -0.39 is 12.0 Å². The first kappa shape index (κ1) is 16.0. The fraction of sp³-hybridized carbons (Fsp3) is 0.857. The quantitative estimate of drug-likeness (QED) is 0.655. The van der Waals surface area contributed by atoms with Crippen molar-refractivity contribution < 1.29 is 14.7 Å². The zero-order valence-electron chi connectivity index (χ0n) is 11.9. The molecule has 0 aromatic carbocycles. The van der Waals surface area contributed by atoms with E-state index in [9.17, 15) is 9.59 Å². The Labute approximate surface area is 115 Å². The first-order chi connectivity index (χ1) is 8.99. The molecule has 0 bridgehead atoms. The minimum atomic E-state index is -0.890. The molecule has 1 atom stereocenters. The fourth-order valence-corrected chi connectivity index (χ4v) is 2.48. The van der Waals surface area contributed by atoms with Gasteiger partial charge in [0, 0.05) is 6.04 Å². The van der Waals surface area contributed by atoms with Crippen LogP contribution < -0.4 is 10.6 Å². The largest absolute Gasteiger partial charge is 0.480 e. The van der Waals surface area contributed by atoms with Crippen LogP contribution >= 0.6 is 0 Å². The summed E-state index contributed by atoms with van der Waals surface area (Å²) in [5.74, 6) is -0.698. The average molecular weight is 270 g/mol. The highest BCUT2D eigenvalue weighted by Crippen LogP contribution is 2.17. The molecule has 0 radical (unpaired) electrons. The first-order valence-electron chi connectivity index (χ1n) is 7.24. The number of hydrogen-bond acceptors (Lipinski definition) is 3. The standard InChI is InChI=1S/C14H26N2O3/c1-10(2)8-12(14(18)19)15-9-13(17)16-11-6-4-3-5-7-11/h10-12,15H,3-9H2,1-2H3,(H,16,17)(H,18,19). The molecule has 1 fully saturated rings. The zero-order valence-corrected chi connectivity index (χ0v) is 11.9. The molecule has 3 N–H and O–H groups in total. The molecule has 0 spiro atoms. The van der Waals surface area contributed by atoms with Gasteiger partial charge >= 0.3 is 5.97 Å². The third-order valence-corrected chi connectivity index (χ3v) is 3.48. The van der Waals surface area contributed by atoms with E-state index in [0.29, 0.717) is 6.42 Å². The highest BCUT2D eigenvalue weighted by Gasteiger charge is 2.20. The Morgan fingerprint density at radius 1 is 1.21 bits per heavy atom. The maximum absolute atomic E-state index is 11.8. The van der Waals surface area contributed by atoms with Crippen LogP contribution in [0.1, 0.15) is 52.4 Å². The number of carbonyl (C=O) groups is 2. The molecule has 1 saturated carbocycles. The van der Waals surface area contributed by atoms with E-state index in [4.69, 9.17) is 5.11 Å². The summed E-state index contributed by atoms with van der Waals surface area (Å²) in [5.41, 5.74) is 0. The van der Waals surface area contributed by atoms with Crippen molar-refractivity contribution in [3.8, 4) is 0 Å². The van der Waals surface area contributed by atoms with Gasteiger partial charge in [0.15, 0.2) is 0 Å². The van der Waals surface area contributed by atoms with E-state index >= 15 is 0 Å². The van der Waals surface area contributed by atoms with Crippen LogP contribution in [0.5, 0.6) is 0 Å². The monoisotopic (exact) mass is 270 g/mol. The number of carboxylic acids is 1. The lowest BCUT2D eigenvalue weighted by molar-refractivity contribution is -0.140. The smallest absolute Gasteiger partial charge is 0.320 e. The van der Waals surface area contributed by atoms with Crippen LogP contribution in [-0.4, -0.2) is 35.6 Å². The van der Waals surface area contributed by atoms with Crippen molar-refractivity contribution in [1.29, 1.82) is 0 Å². The number of rotatable bonds is 7. The van der Waals surface area contributed by atoms with E-state index in [1.165, 1.54) is 19.3 Å². The van der Waals surface area contributed by atoms with Crippen LogP contribution in [0.25, 0.3) is 0 Å². The zero-order chi connectivity index (χ0) is 14.3. The Morgan fingerprint density at radius 2 is 1.84 bits per heavy atom. The summed E-state index contributed by atoms with van der Waals surface area (Å²) >= 11 is 0. The Balaban J connectivity index is 2.28. The molecule has 1 aliphatic rings. The summed E-state index contributed by atoms with van der Waals surface area (Å²) in [4.78, 5) is 22.8. The summed E-state index contributed by atoms with van der Waals surface area (Å²) in [5, 5.41) is 14.9. The van der Waals surface area contributed by atoms with Gasteiger partial charge in [-0.25, -0.2) is 0 Å². The summed E-state index contributed by atoms with van der Waals surface area (Å²) in [6.45, 7) is 4.03. The number of amides is 1. The summed E-state index contributed by atoms with van der Waals surface area (Å²) < 4.78 is 0. The van der Waals surface area contributed by atoms with Gasteiger partial charge in [0.1, 0.15) is 6.04 Å². The summed E-state index contributed by atoms with van der Waals surface area (Å²) in [6.07, 6.45) is 6.21. The van der Waals surface area contributed by atoms with E-state index in [1.54, 1.807) is 0 Å². The van der Waals surface area contributed by atoms with Crippen LogP contribution in [0.15, 0.2) is 0 Å². The van der Waals surface area contributed by atoms with Crippen LogP contribution in [0.3, 0.4) is 0 Å². The second-order valence-corrected chi connectivity index (χ2v) is 5.80. The molecule has 19 heavy (non-hydrogen) atoms. The second-order valence-electron chi connectivity index (χ2n) is 5.80. The maximum atomic E-state index is 11.8. The molecule has 5 heteroatoms. The normalized spacial score (nSPS) is 18.3. The van der Waals surface area contributed by atoms with Crippen molar-refractivity contribution in [1.82, 2.24) is 10.6 Å². The highest BCUT2D eigenvalue weighted by molar-refractivity contribution is 5.80. The molecule has 0 heterocycles. The Bertz CT molecular complexity index is 299. The molecule has 0 aromatic heterocycles. The van der Waals surface area contributed by atoms with Crippen LogP contribution in [-0.2, 0) is 9.59 Å². The van der Waals surface area contributed by atoms with E-state index in [2.05, 4.69) is 10.6 Å². The number of nitrogens with one attached hydrogen (secondary N) is 2. The molecule has 5 nitrogen and oxygen atoms in total. The van der Waals surface area contributed by atoms with Gasteiger partial charge in [0.25, 0.3) is 0 Å². The Hall–Kier alpha value is -1.10. The SMILES string of the molecule is CC(C)CC(NCC(=O)NC1CCCCC1)C(=O)O. The van der Waals surface area contributed by atoms with Crippen LogP contribution in [0.2, 0.25) is 0 Å². The third kappa shape index (κ3) is 6.57.